The molecular weight excluding hydrogens is 254 g/mol. The van der Waals surface area contributed by atoms with E-state index in [1.807, 2.05) is 30.3 Å². The number of aromatic nitrogens is 1. The van der Waals surface area contributed by atoms with Crippen molar-refractivity contribution in [3.05, 3.63) is 30.1 Å². The second-order valence-electron chi connectivity index (χ2n) is 5.81. The molecule has 108 valence electrons. The summed E-state index contributed by atoms with van der Waals surface area (Å²) in [6.45, 7) is 2.01. The first-order valence-corrected chi connectivity index (χ1v) is 7.21. The number of hydrogen-bond acceptors (Lipinski definition) is 4. The SMILES string of the molecule is CN(CC(=O)N[C@H]1C[C@@H]2OCC[C@H]12)Cc1cccnc1. The summed E-state index contributed by atoms with van der Waals surface area (Å²) in [5, 5.41) is 3.13. The average molecular weight is 275 g/mol. The lowest BCUT2D eigenvalue weighted by Crippen LogP contribution is -2.54. The van der Waals surface area contributed by atoms with Crippen LogP contribution in [0.5, 0.6) is 0 Å². The number of carbonyl (C=O) groups excluding carboxylic acids is 1. The summed E-state index contributed by atoms with van der Waals surface area (Å²) < 4.78 is 5.56. The van der Waals surface area contributed by atoms with E-state index >= 15 is 0 Å². The number of fused-ring (bicyclic) bond motifs is 1. The van der Waals surface area contributed by atoms with Gasteiger partial charge in [-0.15, -0.1) is 0 Å². The molecule has 1 aromatic heterocycles. The fourth-order valence-electron chi connectivity index (χ4n) is 3.12. The molecule has 0 unspecified atom stereocenters. The largest absolute Gasteiger partial charge is 0.378 e. The molecule has 2 heterocycles. The number of carbonyl (C=O) groups is 1. The molecule has 0 bridgehead atoms. The Morgan fingerprint density at radius 1 is 1.60 bits per heavy atom. The van der Waals surface area contributed by atoms with Crippen LogP contribution < -0.4 is 5.32 Å². The van der Waals surface area contributed by atoms with Gasteiger partial charge in [0.1, 0.15) is 0 Å². The summed E-state index contributed by atoms with van der Waals surface area (Å²) in [4.78, 5) is 18.1. The van der Waals surface area contributed by atoms with Crippen molar-refractivity contribution in [3.63, 3.8) is 0 Å². The van der Waals surface area contributed by atoms with Gasteiger partial charge in [-0.3, -0.25) is 14.7 Å². The van der Waals surface area contributed by atoms with Gasteiger partial charge in [-0.1, -0.05) is 6.07 Å². The molecule has 1 N–H and O–H groups in total. The van der Waals surface area contributed by atoms with Crippen molar-refractivity contribution < 1.29 is 9.53 Å². The average Bonchev–Trinajstić information content (AvgIpc) is 2.78. The normalized spacial score (nSPS) is 28.0. The van der Waals surface area contributed by atoms with E-state index in [-0.39, 0.29) is 5.91 Å². The lowest BCUT2D eigenvalue weighted by atomic mass is 9.76. The van der Waals surface area contributed by atoms with Gasteiger partial charge in [0.2, 0.25) is 5.91 Å². The lowest BCUT2D eigenvalue weighted by molar-refractivity contribution is -0.125. The summed E-state index contributed by atoms with van der Waals surface area (Å²) in [7, 11) is 1.95. The molecule has 0 radical (unpaired) electrons. The zero-order chi connectivity index (χ0) is 13.9. The number of rotatable bonds is 5. The maximum Gasteiger partial charge on any atom is 0.234 e. The van der Waals surface area contributed by atoms with Gasteiger partial charge in [0, 0.05) is 37.5 Å². The monoisotopic (exact) mass is 275 g/mol. The minimum absolute atomic E-state index is 0.103. The number of nitrogens with zero attached hydrogens (tertiary/aromatic N) is 2. The minimum atomic E-state index is 0.103. The molecule has 0 aromatic carbocycles. The van der Waals surface area contributed by atoms with Crippen molar-refractivity contribution >= 4 is 5.91 Å². The molecule has 0 spiro atoms. The molecule has 1 aliphatic carbocycles. The van der Waals surface area contributed by atoms with Gasteiger partial charge in [0.25, 0.3) is 0 Å². The zero-order valence-corrected chi connectivity index (χ0v) is 11.8. The molecule has 1 aliphatic heterocycles. The Bertz CT molecular complexity index is 465. The number of nitrogens with one attached hydrogen (secondary N) is 1. The molecule has 3 atom stereocenters. The quantitative estimate of drug-likeness (QED) is 0.864. The van der Waals surface area contributed by atoms with Crippen LogP contribution in [0.4, 0.5) is 0 Å². The molecule has 1 saturated carbocycles. The third-order valence-corrected chi connectivity index (χ3v) is 4.20. The van der Waals surface area contributed by atoms with Gasteiger partial charge in [-0.2, -0.15) is 0 Å². The van der Waals surface area contributed by atoms with Crippen LogP contribution in [0, 0.1) is 5.92 Å². The van der Waals surface area contributed by atoms with Crippen LogP contribution in [-0.2, 0) is 16.1 Å². The number of amides is 1. The molecule has 5 heteroatoms. The van der Waals surface area contributed by atoms with Crippen molar-refractivity contribution in [1.29, 1.82) is 0 Å². The number of pyridine rings is 1. The topological polar surface area (TPSA) is 54.5 Å². The highest BCUT2D eigenvalue weighted by Crippen LogP contribution is 2.38. The van der Waals surface area contributed by atoms with Gasteiger partial charge in [0.05, 0.1) is 12.6 Å². The first kappa shape index (κ1) is 13.5. The highest BCUT2D eigenvalue weighted by molar-refractivity contribution is 5.78. The number of hydrogen-bond donors (Lipinski definition) is 1. The Morgan fingerprint density at radius 3 is 3.25 bits per heavy atom. The van der Waals surface area contributed by atoms with Crippen molar-refractivity contribution in [2.75, 3.05) is 20.2 Å². The lowest BCUT2D eigenvalue weighted by Gasteiger charge is -2.39. The van der Waals surface area contributed by atoms with Gasteiger partial charge in [-0.05, 0) is 31.5 Å². The molecule has 3 rings (SSSR count). The van der Waals surface area contributed by atoms with E-state index < -0.39 is 0 Å². The maximum atomic E-state index is 12.0. The number of ether oxygens (including phenoxy) is 1. The molecule has 20 heavy (non-hydrogen) atoms. The van der Waals surface area contributed by atoms with E-state index in [2.05, 4.69) is 10.3 Å². The van der Waals surface area contributed by atoms with Crippen LogP contribution in [0.2, 0.25) is 0 Å². The van der Waals surface area contributed by atoms with Gasteiger partial charge >= 0.3 is 0 Å². The summed E-state index contributed by atoms with van der Waals surface area (Å²) in [6, 6.07) is 4.26. The second kappa shape index (κ2) is 5.89. The Labute approximate surface area is 119 Å². The molecule has 2 aliphatic rings. The summed E-state index contributed by atoms with van der Waals surface area (Å²) in [6.07, 6.45) is 6.05. The highest BCUT2D eigenvalue weighted by atomic mass is 16.5. The zero-order valence-electron chi connectivity index (χ0n) is 11.8. The molecule has 2 fully saturated rings. The standard InChI is InChI=1S/C15H21N3O2/c1-18(9-11-3-2-5-16-8-11)10-15(19)17-13-7-14-12(13)4-6-20-14/h2-3,5,8,12-14H,4,6-7,9-10H2,1H3,(H,17,19)/t12-,13+,14+/m1/s1. The van der Waals surface area contributed by atoms with Crippen molar-refractivity contribution in [2.45, 2.75) is 31.5 Å². The summed E-state index contributed by atoms with van der Waals surface area (Å²) in [5.74, 6) is 0.648. The predicted octanol–water partition coefficient (Wildman–Crippen LogP) is 0.807. The van der Waals surface area contributed by atoms with Crippen LogP contribution in [0.25, 0.3) is 0 Å². The fourth-order valence-corrected chi connectivity index (χ4v) is 3.12. The van der Waals surface area contributed by atoms with E-state index in [9.17, 15) is 4.79 Å². The molecule has 5 nitrogen and oxygen atoms in total. The fraction of sp³-hybridized carbons (Fsp3) is 0.600. The molecular formula is C15H21N3O2. The minimum Gasteiger partial charge on any atom is -0.378 e. The van der Waals surface area contributed by atoms with Gasteiger partial charge in [-0.25, -0.2) is 0 Å². The smallest absolute Gasteiger partial charge is 0.234 e. The van der Waals surface area contributed by atoms with Crippen LogP contribution in [-0.4, -0.2) is 48.1 Å². The second-order valence-corrected chi connectivity index (χ2v) is 5.81. The van der Waals surface area contributed by atoms with E-state index in [1.165, 1.54) is 0 Å². The van der Waals surface area contributed by atoms with Crippen LogP contribution >= 0.6 is 0 Å². The third kappa shape index (κ3) is 2.99. The van der Waals surface area contributed by atoms with Crippen LogP contribution in [0.3, 0.4) is 0 Å². The Balaban J connectivity index is 1.42. The Kier molecular flexibility index (Phi) is 3.98. The van der Waals surface area contributed by atoms with E-state index in [1.54, 1.807) is 6.20 Å². The Morgan fingerprint density at radius 2 is 2.50 bits per heavy atom. The van der Waals surface area contributed by atoms with Gasteiger partial charge < -0.3 is 10.1 Å². The summed E-state index contributed by atoms with van der Waals surface area (Å²) >= 11 is 0. The van der Waals surface area contributed by atoms with E-state index in [0.29, 0.717) is 24.6 Å². The van der Waals surface area contributed by atoms with Crippen molar-refractivity contribution in [2.24, 2.45) is 5.92 Å². The highest BCUT2D eigenvalue weighted by Gasteiger charge is 2.45. The van der Waals surface area contributed by atoms with E-state index in [0.717, 1.165) is 31.6 Å². The van der Waals surface area contributed by atoms with Crippen LogP contribution in [0.15, 0.2) is 24.5 Å². The third-order valence-electron chi connectivity index (χ3n) is 4.20. The summed E-state index contributed by atoms with van der Waals surface area (Å²) in [5.41, 5.74) is 1.12. The molecule has 1 amide bonds. The first-order chi connectivity index (χ1) is 9.72. The number of likely N-dealkylation sites (N-methyl/N-ethyl adjacent to an activating group) is 1. The van der Waals surface area contributed by atoms with Crippen molar-refractivity contribution in [1.82, 2.24) is 15.2 Å². The van der Waals surface area contributed by atoms with Gasteiger partial charge in [0.15, 0.2) is 0 Å². The molecule has 1 aromatic rings. The Hall–Kier alpha value is -1.46. The predicted molar refractivity (Wildman–Crippen MR) is 75.0 cm³/mol. The molecule has 1 saturated heterocycles. The maximum absolute atomic E-state index is 12.0. The van der Waals surface area contributed by atoms with E-state index in [4.69, 9.17) is 4.74 Å². The first-order valence-electron chi connectivity index (χ1n) is 7.21. The van der Waals surface area contributed by atoms with Crippen molar-refractivity contribution in [3.8, 4) is 0 Å². The van der Waals surface area contributed by atoms with Crippen LogP contribution in [0.1, 0.15) is 18.4 Å².